The van der Waals surface area contributed by atoms with Gasteiger partial charge in [0.25, 0.3) is 0 Å². The van der Waals surface area contributed by atoms with E-state index in [0.29, 0.717) is 11.8 Å². The first-order valence-electron chi connectivity index (χ1n) is 12.8. The van der Waals surface area contributed by atoms with Gasteiger partial charge in [0, 0.05) is 68.9 Å². The number of likely N-dealkylation sites (tertiary alicyclic amines) is 1. The topological polar surface area (TPSA) is 61.8 Å². The van der Waals surface area contributed by atoms with Gasteiger partial charge in [-0.15, -0.1) is 0 Å². The Hall–Kier alpha value is -1.73. The lowest BCUT2D eigenvalue weighted by Crippen LogP contribution is -2.46. The van der Waals surface area contributed by atoms with Crippen molar-refractivity contribution >= 4 is 11.7 Å². The zero-order valence-corrected chi connectivity index (χ0v) is 19.9. The van der Waals surface area contributed by atoms with Crippen LogP contribution in [0.25, 0.3) is 0 Å². The molecule has 7 nitrogen and oxygen atoms in total. The predicted octanol–water partition coefficient (Wildman–Crippen LogP) is 2.62. The van der Waals surface area contributed by atoms with E-state index in [1.54, 1.807) is 0 Å². The Labute approximate surface area is 192 Å². The van der Waals surface area contributed by atoms with E-state index in [2.05, 4.69) is 28.5 Å². The Morgan fingerprint density at radius 1 is 1.06 bits per heavy atom. The zero-order chi connectivity index (χ0) is 22.1. The third-order valence-corrected chi connectivity index (χ3v) is 7.77. The Morgan fingerprint density at radius 2 is 1.81 bits per heavy atom. The fourth-order valence-electron chi connectivity index (χ4n) is 5.60. The number of aromatic nitrogens is 2. The maximum Gasteiger partial charge on any atom is 0.226 e. The van der Waals surface area contributed by atoms with Crippen molar-refractivity contribution in [3.05, 3.63) is 17.1 Å². The molecule has 0 aromatic carbocycles. The molecule has 4 heterocycles. The summed E-state index contributed by atoms with van der Waals surface area (Å²) in [4.78, 5) is 30.1. The number of nitrogens with zero attached hydrogens (tertiary/aromatic N) is 5. The number of hydrogen-bond acceptors (Lipinski definition) is 6. The molecule has 2 saturated heterocycles. The van der Waals surface area contributed by atoms with Crippen LogP contribution in [0, 0.1) is 18.8 Å². The van der Waals surface area contributed by atoms with Gasteiger partial charge < -0.3 is 14.5 Å². The van der Waals surface area contributed by atoms with Crippen molar-refractivity contribution in [2.75, 3.05) is 63.9 Å². The second kappa shape index (κ2) is 9.64. The van der Waals surface area contributed by atoms with Crippen LogP contribution in [0.2, 0.25) is 0 Å². The third kappa shape index (κ3) is 4.93. The van der Waals surface area contributed by atoms with E-state index in [-0.39, 0.29) is 5.92 Å². The highest BCUT2D eigenvalue weighted by Gasteiger charge is 2.32. The molecule has 1 aliphatic carbocycles. The molecule has 1 amide bonds. The van der Waals surface area contributed by atoms with Crippen LogP contribution in [0.3, 0.4) is 0 Å². The average Bonchev–Trinajstić information content (AvgIpc) is 3.64. The molecule has 176 valence electrons. The number of aryl methyl sites for hydroxylation is 1. The first kappa shape index (κ1) is 22.1. The van der Waals surface area contributed by atoms with E-state index < -0.39 is 0 Å². The summed E-state index contributed by atoms with van der Waals surface area (Å²) in [6.45, 7) is 12.5. The molecule has 0 radical (unpaired) electrons. The standard InChI is InChI=1S/C25H39N5O2/c1-18(16-28-12-14-32-15-13-28)25(31)29-10-7-21(8-11-29)23-26-19(2)22-4-3-9-30(24(22)27-23)17-20-5-6-20/h18,20-21H,3-17H2,1-2H3/t18-/m1/s1. The Morgan fingerprint density at radius 3 is 2.53 bits per heavy atom. The van der Waals surface area contributed by atoms with Crippen molar-refractivity contribution in [3.8, 4) is 0 Å². The summed E-state index contributed by atoms with van der Waals surface area (Å²) in [6, 6.07) is 0. The second-order valence-electron chi connectivity index (χ2n) is 10.4. The Balaban J connectivity index is 1.20. The van der Waals surface area contributed by atoms with Crippen LogP contribution >= 0.6 is 0 Å². The number of ether oxygens (including phenoxy) is 1. The smallest absolute Gasteiger partial charge is 0.226 e. The molecule has 0 spiro atoms. The Bertz CT molecular complexity index is 813. The lowest BCUT2D eigenvalue weighted by molar-refractivity contribution is -0.137. The molecule has 3 aliphatic heterocycles. The molecule has 0 N–H and O–H groups in total. The molecule has 0 unspecified atom stereocenters. The summed E-state index contributed by atoms with van der Waals surface area (Å²) in [5.41, 5.74) is 2.54. The van der Waals surface area contributed by atoms with Gasteiger partial charge in [0.2, 0.25) is 5.91 Å². The summed E-state index contributed by atoms with van der Waals surface area (Å²) >= 11 is 0. The molecule has 1 aromatic rings. The largest absolute Gasteiger partial charge is 0.379 e. The van der Waals surface area contributed by atoms with Crippen molar-refractivity contribution in [2.24, 2.45) is 11.8 Å². The van der Waals surface area contributed by atoms with Gasteiger partial charge in [0.15, 0.2) is 0 Å². The summed E-state index contributed by atoms with van der Waals surface area (Å²) < 4.78 is 5.43. The molecule has 32 heavy (non-hydrogen) atoms. The number of morpholine rings is 1. The molecule has 0 bridgehead atoms. The average molecular weight is 442 g/mol. The van der Waals surface area contributed by atoms with E-state index in [9.17, 15) is 4.79 Å². The summed E-state index contributed by atoms with van der Waals surface area (Å²) in [7, 11) is 0. The number of piperidine rings is 1. The minimum Gasteiger partial charge on any atom is -0.379 e. The van der Waals surface area contributed by atoms with Crippen LogP contribution in [0.4, 0.5) is 5.82 Å². The number of hydrogen-bond donors (Lipinski definition) is 0. The van der Waals surface area contributed by atoms with Crippen molar-refractivity contribution in [3.63, 3.8) is 0 Å². The van der Waals surface area contributed by atoms with Crippen molar-refractivity contribution in [1.29, 1.82) is 0 Å². The SMILES string of the molecule is Cc1nc(C2CCN(C(=O)[C@H](C)CN3CCOCC3)CC2)nc2c1CCCN2CC1CC1. The molecule has 1 saturated carbocycles. The fourth-order valence-corrected chi connectivity index (χ4v) is 5.60. The van der Waals surface area contributed by atoms with Crippen LogP contribution in [0.1, 0.15) is 62.0 Å². The van der Waals surface area contributed by atoms with Crippen molar-refractivity contribution < 1.29 is 9.53 Å². The third-order valence-electron chi connectivity index (χ3n) is 7.77. The van der Waals surface area contributed by atoms with Crippen LogP contribution < -0.4 is 4.90 Å². The van der Waals surface area contributed by atoms with E-state index in [0.717, 1.165) is 90.0 Å². The molecule has 3 fully saturated rings. The lowest BCUT2D eigenvalue weighted by Gasteiger charge is -2.36. The van der Waals surface area contributed by atoms with Crippen LogP contribution in [-0.4, -0.2) is 84.7 Å². The van der Waals surface area contributed by atoms with Crippen LogP contribution in [0.5, 0.6) is 0 Å². The number of carbonyl (C=O) groups is 1. The number of rotatable bonds is 6. The first-order chi connectivity index (χ1) is 15.6. The van der Waals surface area contributed by atoms with E-state index in [4.69, 9.17) is 14.7 Å². The quantitative estimate of drug-likeness (QED) is 0.676. The van der Waals surface area contributed by atoms with E-state index in [1.165, 1.54) is 36.3 Å². The van der Waals surface area contributed by atoms with Crippen LogP contribution in [-0.2, 0) is 16.0 Å². The monoisotopic (exact) mass is 441 g/mol. The molecule has 7 heteroatoms. The fraction of sp³-hybridized carbons (Fsp3) is 0.800. The van der Waals surface area contributed by atoms with E-state index >= 15 is 0 Å². The number of amides is 1. The molecule has 4 aliphatic rings. The van der Waals surface area contributed by atoms with Gasteiger partial charge in [0.05, 0.1) is 13.2 Å². The first-order valence-corrected chi connectivity index (χ1v) is 12.8. The predicted molar refractivity (Wildman–Crippen MR) is 125 cm³/mol. The molecule has 5 rings (SSSR count). The summed E-state index contributed by atoms with van der Waals surface area (Å²) in [6.07, 6.45) is 7.01. The van der Waals surface area contributed by atoms with Gasteiger partial charge in [-0.25, -0.2) is 9.97 Å². The normalized spacial score (nSPS) is 23.8. The molecular weight excluding hydrogens is 402 g/mol. The van der Waals surface area contributed by atoms with Gasteiger partial charge in [-0.2, -0.15) is 0 Å². The zero-order valence-electron chi connectivity index (χ0n) is 19.9. The summed E-state index contributed by atoms with van der Waals surface area (Å²) in [5, 5.41) is 0. The lowest BCUT2D eigenvalue weighted by atomic mass is 9.94. The number of fused-ring (bicyclic) bond motifs is 1. The second-order valence-corrected chi connectivity index (χ2v) is 10.4. The maximum atomic E-state index is 13.0. The molecular formula is C25H39N5O2. The highest BCUT2D eigenvalue weighted by molar-refractivity contribution is 5.78. The van der Waals surface area contributed by atoms with Crippen molar-refractivity contribution in [1.82, 2.24) is 19.8 Å². The van der Waals surface area contributed by atoms with Gasteiger partial charge in [-0.1, -0.05) is 6.92 Å². The van der Waals surface area contributed by atoms with Gasteiger partial charge in [-0.3, -0.25) is 9.69 Å². The highest BCUT2D eigenvalue weighted by atomic mass is 16.5. The number of carbonyl (C=O) groups excluding carboxylic acids is 1. The van der Waals surface area contributed by atoms with Gasteiger partial charge in [0.1, 0.15) is 11.6 Å². The van der Waals surface area contributed by atoms with Gasteiger partial charge in [-0.05, 0) is 51.4 Å². The number of anilines is 1. The highest BCUT2D eigenvalue weighted by Crippen LogP contribution is 2.36. The molecule has 1 atom stereocenters. The molecule has 1 aromatic heterocycles. The maximum absolute atomic E-state index is 13.0. The van der Waals surface area contributed by atoms with Gasteiger partial charge >= 0.3 is 0 Å². The minimum absolute atomic E-state index is 0.0443. The van der Waals surface area contributed by atoms with E-state index in [1.807, 2.05) is 0 Å². The minimum atomic E-state index is 0.0443. The van der Waals surface area contributed by atoms with Crippen LogP contribution in [0.15, 0.2) is 0 Å². The van der Waals surface area contributed by atoms with Crippen molar-refractivity contribution in [2.45, 2.75) is 58.3 Å². The Kier molecular flexibility index (Phi) is 6.65. The summed E-state index contributed by atoms with van der Waals surface area (Å²) in [5.74, 6) is 3.80.